The first kappa shape index (κ1) is 17.3. The van der Waals surface area contributed by atoms with E-state index in [1.165, 1.54) is 23.5 Å². The topological polar surface area (TPSA) is 72.2 Å². The van der Waals surface area contributed by atoms with Crippen LogP contribution in [-0.4, -0.2) is 25.5 Å². The molecule has 0 radical (unpaired) electrons. The maximum atomic E-state index is 13.4. The van der Waals surface area contributed by atoms with Crippen LogP contribution in [0.2, 0.25) is 0 Å². The molecule has 0 saturated carbocycles. The minimum absolute atomic E-state index is 0.146. The molecule has 6 nitrogen and oxygen atoms in total. The van der Waals surface area contributed by atoms with Crippen molar-refractivity contribution in [3.05, 3.63) is 71.4 Å². The summed E-state index contributed by atoms with van der Waals surface area (Å²) in [6.07, 6.45) is 2.01. The highest BCUT2D eigenvalue weighted by Gasteiger charge is 2.17. The Labute approximate surface area is 158 Å². The van der Waals surface area contributed by atoms with Gasteiger partial charge in [0.2, 0.25) is 5.91 Å². The molecule has 4 aromatic rings. The summed E-state index contributed by atoms with van der Waals surface area (Å²) in [7, 11) is 0. The molecule has 4 rings (SSSR count). The standard InChI is InChI=1S/C19H16FN5OS/c1-12(18-24-23-16-7-2-3-8-25(16)18)21-17(26)10-15-11-27-19(22-15)13-5-4-6-14(20)9-13/h2-9,11-12H,10H2,1H3,(H,21,26). The van der Waals surface area contributed by atoms with Crippen LogP contribution in [0.25, 0.3) is 16.2 Å². The van der Waals surface area contributed by atoms with E-state index in [-0.39, 0.29) is 24.2 Å². The molecular formula is C19H16FN5OS. The second-order valence-corrected chi connectivity index (χ2v) is 6.97. The number of amides is 1. The van der Waals surface area contributed by atoms with Crippen molar-refractivity contribution in [2.75, 3.05) is 0 Å². The van der Waals surface area contributed by atoms with E-state index in [0.717, 1.165) is 5.65 Å². The smallest absolute Gasteiger partial charge is 0.226 e. The fraction of sp³-hybridized carbons (Fsp3) is 0.158. The molecule has 8 heteroatoms. The number of hydrogen-bond acceptors (Lipinski definition) is 5. The van der Waals surface area contributed by atoms with Crippen LogP contribution in [-0.2, 0) is 11.2 Å². The lowest BCUT2D eigenvalue weighted by Gasteiger charge is -2.11. The first-order valence-corrected chi connectivity index (χ1v) is 9.27. The van der Waals surface area contributed by atoms with E-state index in [9.17, 15) is 9.18 Å². The molecule has 0 aliphatic rings. The Hall–Kier alpha value is -3.13. The van der Waals surface area contributed by atoms with Crippen molar-refractivity contribution in [1.82, 2.24) is 24.9 Å². The van der Waals surface area contributed by atoms with Crippen LogP contribution < -0.4 is 5.32 Å². The van der Waals surface area contributed by atoms with E-state index in [2.05, 4.69) is 20.5 Å². The summed E-state index contributed by atoms with van der Waals surface area (Å²) < 4.78 is 15.2. The van der Waals surface area contributed by atoms with Crippen LogP contribution in [0.5, 0.6) is 0 Å². The Morgan fingerprint density at radius 3 is 3.00 bits per heavy atom. The van der Waals surface area contributed by atoms with Gasteiger partial charge in [0.1, 0.15) is 10.8 Å². The van der Waals surface area contributed by atoms with Crippen molar-refractivity contribution in [3.63, 3.8) is 0 Å². The van der Waals surface area contributed by atoms with E-state index in [1.807, 2.05) is 41.1 Å². The van der Waals surface area contributed by atoms with E-state index in [0.29, 0.717) is 22.1 Å². The van der Waals surface area contributed by atoms with E-state index >= 15 is 0 Å². The monoisotopic (exact) mass is 381 g/mol. The molecule has 0 aliphatic carbocycles. The second-order valence-electron chi connectivity index (χ2n) is 6.11. The lowest BCUT2D eigenvalue weighted by Crippen LogP contribution is -2.29. The lowest BCUT2D eigenvalue weighted by atomic mass is 10.2. The summed E-state index contributed by atoms with van der Waals surface area (Å²) in [6, 6.07) is 11.6. The normalized spacial score (nSPS) is 12.2. The number of nitrogens with zero attached hydrogens (tertiary/aromatic N) is 4. The molecule has 27 heavy (non-hydrogen) atoms. The average molecular weight is 381 g/mol. The van der Waals surface area contributed by atoms with Crippen molar-refractivity contribution >= 4 is 22.9 Å². The maximum Gasteiger partial charge on any atom is 0.226 e. The van der Waals surface area contributed by atoms with Gasteiger partial charge in [-0.15, -0.1) is 21.5 Å². The highest BCUT2D eigenvalue weighted by Crippen LogP contribution is 2.24. The van der Waals surface area contributed by atoms with Crippen LogP contribution in [0.1, 0.15) is 24.5 Å². The summed E-state index contributed by atoms with van der Waals surface area (Å²) in [5, 5.41) is 13.7. The van der Waals surface area contributed by atoms with Gasteiger partial charge >= 0.3 is 0 Å². The molecule has 136 valence electrons. The Morgan fingerprint density at radius 2 is 2.15 bits per heavy atom. The van der Waals surface area contributed by atoms with Crippen molar-refractivity contribution in [2.45, 2.75) is 19.4 Å². The Bertz CT molecular complexity index is 1110. The van der Waals surface area contributed by atoms with Gasteiger partial charge in [0, 0.05) is 17.1 Å². The lowest BCUT2D eigenvalue weighted by molar-refractivity contribution is -0.121. The fourth-order valence-corrected chi connectivity index (χ4v) is 3.64. The summed E-state index contributed by atoms with van der Waals surface area (Å²) in [5.74, 6) is 0.195. The molecule has 0 aliphatic heterocycles. The van der Waals surface area contributed by atoms with E-state index < -0.39 is 0 Å². The average Bonchev–Trinajstić information content (AvgIpc) is 3.28. The molecule has 1 aromatic carbocycles. The fourth-order valence-electron chi connectivity index (χ4n) is 2.82. The first-order chi connectivity index (χ1) is 13.1. The third-order valence-electron chi connectivity index (χ3n) is 4.07. The molecule has 3 aromatic heterocycles. The van der Waals surface area contributed by atoms with Crippen LogP contribution in [0.4, 0.5) is 4.39 Å². The number of carbonyl (C=O) groups excluding carboxylic acids is 1. The van der Waals surface area contributed by atoms with Gasteiger partial charge in [0.05, 0.1) is 18.2 Å². The van der Waals surface area contributed by atoms with Gasteiger partial charge in [-0.3, -0.25) is 9.20 Å². The molecule has 3 heterocycles. The Kier molecular flexibility index (Phi) is 4.64. The van der Waals surface area contributed by atoms with Gasteiger partial charge in [0.15, 0.2) is 11.5 Å². The van der Waals surface area contributed by atoms with Gasteiger partial charge < -0.3 is 5.32 Å². The van der Waals surface area contributed by atoms with Crippen molar-refractivity contribution in [2.24, 2.45) is 0 Å². The van der Waals surface area contributed by atoms with Crippen LogP contribution >= 0.6 is 11.3 Å². The van der Waals surface area contributed by atoms with Crippen LogP contribution in [0.15, 0.2) is 54.0 Å². The van der Waals surface area contributed by atoms with Crippen molar-refractivity contribution in [1.29, 1.82) is 0 Å². The molecule has 1 unspecified atom stereocenters. The third-order valence-corrected chi connectivity index (χ3v) is 5.01. The molecule has 0 spiro atoms. The van der Waals surface area contributed by atoms with Gasteiger partial charge in [-0.05, 0) is 31.2 Å². The minimum atomic E-state index is -0.309. The molecule has 1 N–H and O–H groups in total. The highest BCUT2D eigenvalue weighted by atomic mass is 32.1. The number of nitrogens with one attached hydrogen (secondary N) is 1. The minimum Gasteiger partial charge on any atom is -0.346 e. The zero-order chi connectivity index (χ0) is 18.8. The van der Waals surface area contributed by atoms with Crippen LogP contribution in [0.3, 0.4) is 0 Å². The molecule has 1 amide bonds. The molecule has 1 atom stereocenters. The van der Waals surface area contributed by atoms with E-state index in [4.69, 9.17) is 0 Å². The predicted molar refractivity (Wildman–Crippen MR) is 101 cm³/mol. The zero-order valence-corrected chi connectivity index (χ0v) is 15.3. The SMILES string of the molecule is CC(NC(=O)Cc1csc(-c2cccc(F)c2)n1)c1nnc2ccccn12. The quantitative estimate of drug-likeness (QED) is 0.575. The summed E-state index contributed by atoms with van der Waals surface area (Å²) in [6.45, 7) is 1.86. The number of hydrogen-bond donors (Lipinski definition) is 1. The first-order valence-electron chi connectivity index (χ1n) is 8.39. The zero-order valence-electron chi connectivity index (χ0n) is 14.5. The number of carbonyl (C=O) groups is 1. The number of halogens is 1. The van der Waals surface area contributed by atoms with Gasteiger partial charge in [0.25, 0.3) is 0 Å². The van der Waals surface area contributed by atoms with Crippen LogP contribution in [0, 0.1) is 5.82 Å². The predicted octanol–water partition coefficient (Wildman–Crippen LogP) is 3.41. The van der Waals surface area contributed by atoms with Gasteiger partial charge in [-0.1, -0.05) is 18.2 Å². The van der Waals surface area contributed by atoms with Gasteiger partial charge in [-0.2, -0.15) is 0 Å². The third kappa shape index (κ3) is 3.70. The number of pyridine rings is 1. The van der Waals surface area contributed by atoms with Gasteiger partial charge in [-0.25, -0.2) is 9.37 Å². The van der Waals surface area contributed by atoms with Crippen molar-refractivity contribution in [3.8, 4) is 10.6 Å². The molecule has 0 saturated heterocycles. The largest absolute Gasteiger partial charge is 0.346 e. The number of rotatable bonds is 5. The molecular weight excluding hydrogens is 365 g/mol. The number of fused-ring (bicyclic) bond motifs is 1. The molecule has 0 fully saturated rings. The summed E-state index contributed by atoms with van der Waals surface area (Å²) in [4.78, 5) is 16.8. The molecule has 0 bridgehead atoms. The Balaban J connectivity index is 1.44. The second kappa shape index (κ2) is 7.24. The Morgan fingerprint density at radius 1 is 1.26 bits per heavy atom. The maximum absolute atomic E-state index is 13.4. The van der Waals surface area contributed by atoms with Crippen molar-refractivity contribution < 1.29 is 9.18 Å². The highest BCUT2D eigenvalue weighted by molar-refractivity contribution is 7.13. The number of aromatic nitrogens is 4. The number of thiazole rings is 1. The summed E-state index contributed by atoms with van der Waals surface area (Å²) >= 11 is 1.39. The summed E-state index contributed by atoms with van der Waals surface area (Å²) in [5.41, 5.74) is 2.08. The van der Waals surface area contributed by atoms with E-state index in [1.54, 1.807) is 12.1 Å². The number of benzene rings is 1.